The maximum absolute atomic E-state index is 8.77. The number of rotatable bonds is 2. The Labute approximate surface area is 81.6 Å². The van der Waals surface area contributed by atoms with Gasteiger partial charge in [0.15, 0.2) is 0 Å². The van der Waals surface area contributed by atoms with E-state index in [1.165, 1.54) is 0 Å². The average Bonchev–Trinajstić information content (AvgIpc) is 2.59. The Kier molecular flexibility index (Phi) is 2.21. The molecule has 3 nitrogen and oxygen atoms in total. The van der Waals surface area contributed by atoms with Crippen molar-refractivity contribution in [3.05, 3.63) is 35.5 Å². The van der Waals surface area contributed by atoms with Gasteiger partial charge in [-0.15, -0.1) is 0 Å². The van der Waals surface area contributed by atoms with E-state index < -0.39 is 0 Å². The van der Waals surface area contributed by atoms with E-state index in [-0.39, 0.29) is 6.61 Å². The molecule has 0 saturated heterocycles. The van der Waals surface area contributed by atoms with Gasteiger partial charge in [0.2, 0.25) is 0 Å². The molecule has 2 rings (SSSR count). The Morgan fingerprint density at radius 3 is 2.93 bits per heavy atom. The SMILES string of the molecule is N#Cc1ccc2cc(CCO)[nH]c2c1. The Bertz CT molecular complexity index is 493. The van der Waals surface area contributed by atoms with Gasteiger partial charge in [-0.3, -0.25) is 0 Å². The Hall–Kier alpha value is -1.79. The highest BCUT2D eigenvalue weighted by molar-refractivity contribution is 5.81. The number of benzene rings is 1. The van der Waals surface area contributed by atoms with Crippen molar-refractivity contribution in [2.24, 2.45) is 0 Å². The van der Waals surface area contributed by atoms with Gasteiger partial charge < -0.3 is 10.1 Å². The summed E-state index contributed by atoms with van der Waals surface area (Å²) in [5, 5.41) is 18.6. The molecular formula is C11H10N2O. The fourth-order valence-electron chi connectivity index (χ4n) is 1.51. The molecule has 1 heterocycles. The summed E-state index contributed by atoms with van der Waals surface area (Å²) in [4.78, 5) is 3.16. The quantitative estimate of drug-likeness (QED) is 0.747. The van der Waals surface area contributed by atoms with E-state index in [0.29, 0.717) is 12.0 Å². The summed E-state index contributed by atoms with van der Waals surface area (Å²) in [5.41, 5.74) is 2.60. The summed E-state index contributed by atoms with van der Waals surface area (Å²) in [6, 6.07) is 9.60. The lowest BCUT2D eigenvalue weighted by atomic mass is 10.2. The van der Waals surface area contributed by atoms with Crippen LogP contribution in [0.25, 0.3) is 10.9 Å². The van der Waals surface area contributed by atoms with Crippen LogP contribution in [0.15, 0.2) is 24.3 Å². The third-order valence-corrected chi connectivity index (χ3v) is 2.19. The van der Waals surface area contributed by atoms with Gasteiger partial charge in [-0.2, -0.15) is 5.26 Å². The second-order valence-electron chi connectivity index (χ2n) is 3.18. The molecule has 0 amide bonds. The van der Waals surface area contributed by atoms with Crippen LogP contribution in [0.1, 0.15) is 11.3 Å². The van der Waals surface area contributed by atoms with Gasteiger partial charge in [0.25, 0.3) is 0 Å². The Morgan fingerprint density at radius 2 is 2.21 bits per heavy atom. The standard InChI is InChI=1S/C11H10N2O/c12-7-8-1-2-9-6-10(3-4-14)13-11(9)5-8/h1-2,5-6,13-14H,3-4H2. The van der Waals surface area contributed by atoms with Crippen LogP contribution in [0, 0.1) is 11.3 Å². The lowest BCUT2D eigenvalue weighted by molar-refractivity contribution is 0.298. The molecule has 1 aromatic carbocycles. The fourth-order valence-corrected chi connectivity index (χ4v) is 1.51. The zero-order chi connectivity index (χ0) is 9.97. The van der Waals surface area contributed by atoms with E-state index in [4.69, 9.17) is 10.4 Å². The molecule has 0 unspecified atom stereocenters. The van der Waals surface area contributed by atoms with Crippen LogP contribution in [0.4, 0.5) is 0 Å². The predicted octanol–water partition coefficient (Wildman–Crippen LogP) is 1.57. The number of fused-ring (bicyclic) bond motifs is 1. The number of hydrogen-bond acceptors (Lipinski definition) is 2. The normalized spacial score (nSPS) is 10.3. The van der Waals surface area contributed by atoms with Gasteiger partial charge in [0, 0.05) is 24.2 Å². The molecule has 70 valence electrons. The van der Waals surface area contributed by atoms with E-state index >= 15 is 0 Å². The van der Waals surface area contributed by atoms with E-state index in [1.54, 1.807) is 6.07 Å². The number of nitriles is 1. The molecule has 2 N–H and O–H groups in total. The highest BCUT2D eigenvalue weighted by Gasteiger charge is 2.00. The van der Waals surface area contributed by atoms with E-state index in [0.717, 1.165) is 16.6 Å². The van der Waals surface area contributed by atoms with Gasteiger partial charge >= 0.3 is 0 Å². The molecule has 0 spiro atoms. The van der Waals surface area contributed by atoms with Crippen molar-refractivity contribution < 1.29 is 5.11 Å². The summed E-state index contributed by atoms with van der Waals surface area (Å²) in [6.07, 6.45) is 0.622. The first kappa shape index (κ1) is 8.79. The van der Waals surface area contributed by atoms with Gasteiger partial charge in [-0.1, -0.05) is 6.07 Å². The third kappa shape index (κ3) is 1.48. The van der Waals surface area contributed by atoms with Crippen LogP contribution in [0.5, 0.6) is 0 Å². The lowest BCUT2D eigenvalue weighted by Crippen LogP contribution is -1.89. The van der Waals surface area contributed by atoms with Crippen molar-refractivity contribution in [3.63, 3.8) is 0 Å². The van der Waals surface area contributed by atoms with E-state index in [1.807, 2.05) is 18.2 Å². The molecule has 0 aliphatic rings. The van der Waals surface area contributed by atoms with Crippen molar-refractivity contribution in [3.8, 4) is 6.07 Å². The van der Waals surface area contributed by atoms with Gasteiger partial charge in [0.05, 0.1) is 11.6 Å². The summed E-state index contributed by atoms with van der Waals surface area (Å²) in [7, 11) is 0. The first-order valence-corrected chi connectivity index (χ1v) is 4.46. The Morgan fingerprint density at radius 1 is 1.36 bits per heavy atom. The zero-order valence-corrected chi connectivity index (χ0v) is 7.62. The third-order valence-electron chi connectivity index (χ3n) is 2.19. The van der Waals surface area contributed by atoms with Crippen LogP contribution < -0.4 is 0 Å². The first-order valence-electron chi connectivity index (χ1n) is 4.46. The van der Waals surface area contributed by atoms with Crippen molar-refractivity contribution in [2.75, 3.05) is 6.61 Å². The molecule has 0 radical (unpaired) electrons. The maximum Gasteiger partial charge on any atom is 0.0992 e. The molecular weight excluding hydrogens is 176 g/mol. The minimum atomic E-state index is 0.137. The number of aliphatic hydroxyl groups excluding tert-OH is 1. The topological polar surface area (TPSA) is 59.8 Å². The highest BCUT2D eigenvalue weighted by Crippen LogP contribution is 2.16. The number of hydrogen-bond donors (Lipinski definition) is 2. The molecule has 0 bridgehead atoms. The van der Waals surface area contributed by atoms with Crippen molar-refractivity contribution in [2.45, 2.75) is 6.42 Å². The number of H-pyrrole nitrogens is 1. The van der Waals surface area contributed by atoms with Crippen molar-refractivity contribution >= 4 is 10.9 Å². The van der Waals surface area contributed by atoms with Crippen LogP contribution in [-0.4, -0.2) is 16.7 Å². The van der Waals surface area contributed by atoms with Crippen LogP contribution in [0.2, 0.25) is 0 Å². The zero-order valence-electron chi connectivity index (χ0n) is 7.62. The number of nitrogens with zero attached hydrogens (tertiary/aromatic N) is 1. The molecule has 1 aromatic heterocycles. The summed E-state index contributed by atoms with van der Waals surface area (Å²) in [6.45, 7) is 0.137. The summed E-state index contributed by atoms with van der Waals surface area (Å²) < 4.78 is 0. The van der Waals surface area contributed by atoms with Gasteiger partial charge in [0.1, 0.15) is 0 Å². The van der Waals surface area contributed by atoms with Gasteiger partial charge in [-0.05, 0) is 23.6 Å². The minimum absolute atomic E-state index is 0.137. The molecule has 0 atom stereocenters. The van der Waals surface area contributed by atoms with Crippen LogP contribution >= 0.6 is 0 Å². The maximum atomic E-state index is 8.77. The summed E-state index contributed by atoms with van der Waals surface area (Å²) >= 11 is 0. The van der Waals surface area contributed by atoms with Crippen LogP contribution in [0.3, 0.4) is 0 Å². The number of aromatic nitrogens is 1. The molecule has 2 aromatic rings. The fraction of sp³-hybridized carbons (Fsp3) is 0.182. The van der Waals surface area contributed by atoms with Crippen LogP contribution in [-0.2, 0) is 6.42 Å². The molecule has 3 heteroatoms. The second-order valence-corrected chi connectivity index (χ2v) is 3.18. The molecule has 0 aliphatic carbocycles. The number of nitrogens with one attached hydrogen (secondary N) is 1. The molecule has 0 aliphatic heterocycles. The number of aliphatic hydroxyl groups is 1. The van der Waals surface area contributed by atoms with Crippen molar-refractivity contribution in [1.29, 1.82) is 5.26 Å². The second kappa shape index (κ2) is 3.52. The molecule has 0 fully saturated rings. The average molecular weight is 186 g/mol. The van der Waals surface area contributed by atoms with Crippen molar-refractivity contribution in [1.82, 2.24) is 4.98 Å². The number of aromatic amines is 1. The first-order chi connectivity index (χ1) is 6.83. The van der Waals surface area contributed by atoms with E-state index in [2.05, 4.69) is 11.1 Å². The van der Waals surface area contributed by atoms with Gasteiger partial charge in [-0.25, -0.2) is 0 Å². The molecule has 14 heavy (non-hydrogen) atoms. The largest absolute Gasteiger partial charge is 0.396 e. The predicted molar refractivity (Wildman–Crippen MR) is 53.8 cm³/mol. The molecule has 0 saturated carbocycles. The highest BCUT2D eigenvalue weighted by atomic mass is 16.3. The minimum Gasteiger partial charge on any atom is -0.396 e. The van der Waals surface area contributed by atoms with E-state index in [9.17, 15) is 0 Å². The smallest absolute Gasteiger partial charge is 0.0992 e. The lowest BCUT2D eigenvalue weighted by Gasteiger charge is -1.90. The summed E-state index contributed by atoms with van der Waals surface area (Å²) in [5.74, 6) is 0. The monoisotopic (exact) mass is 186 g/mol. The Balaban J connectivity index is 2.50.